The van der Waals surface area contributed by atoms with Gasteiger partial charge in [0.2, 0.25) is 0 Å². The SMILES string of the molecule is C[Si](C)(O)O[Si](C)(C)O[SiH2]O[SiH2]O. The molecule has 0 fully saturated rings. The number of rotatable bonds is 6. The molecule has 0 atom stereocenters. The molecule has 2 N–H and O–H groups in total. The topological polar surface area (TPSA) is 68.2 Å². The Bertz CT molecular complexity index is 146. The quantitative estimate of drug-likeness (QED) is 0.445. The van der Waals surface area contributed by atoms with Gasteiger partial charge in [0.25, 0.3) is 20.0 Å². The minimum atomic E-state index is -2.50. The maximum absolute atomic E-state index is 9.52. The van der Waals surface area contributed by atoms with Gasteiger partial charge in [-0.2, -0.15) is 0 Å². The monoisotopic (exact) mass is 258 g/mol. The Kier molecular flexibility index (Phi) is 5.81. The van der Waals surface area contributed by atoms with Crippen molar-refractivity contribution in [3.05, 3.63) is 0 Å². The third-order valence-corrected chi connectivity index (χ3v) is 9.69. The molecule has 0 aromatic carbocycles. The van der Waals surface area contributed by atoms with E-state index in [1.165, 1.54) is 0 Å². The highest BCUT2D eigenvalue weighted by Gasteiger charge is 2.33. The van der Waals surface area contributed by atoms with Gasteiger partial charge in [-0.05, 0) is 26.2 Å². The summed E-state index contributed by atoms with van der Waals surface area (Å²) in [6, 6.07) is 0. The van der Waals surface area contributed by atoms with Crippen molar-refractivity contribution >= 4 is 37.1 Å². The van der Waals surface area contributed by atoms with Crippen molar-refractivity contribution in [1.82, 2.24) is 0 Å². The van der Waals surface area contributed by atoms with Crippen LogP contribution in [0.3, 0.4) is 0 Å². The summed E-state index contributed by atoms with van der Waals surface area (Å²) in [6.07, 6.45) is 0. The summed E-state index contributed by atoms with van der Waals surface area (Å²) in [5, 5.41) is 0. The summed E-state index contributed by atoms with van der Waals surface area (Å²) in [5.74, 6) is 0. The molecule has 0 saturated carbocycles. The first-order valence-electron chi connectivity index (χ1n) is 4.02. The van der Waals surface area contributed by atoms with Gasteiger partial charge in [-0.3, -0.25) is 0 Å². The molecular weight excluding hydrogens is 240 g/mol. The van der Waals surface area contributed by atoms with Gasteiger partial charge in [0.05, 0.1) is 0 Å². The van der Waals surface area contributed by atoms with Gasteiger partial charge in [-0.15, -0.1) is 0 Å². The predicted octanol–water partition coefficient (Wildman–Crippen LogP) is -1.58. The van der Waals surface area contributed by atoms with E-state index in [9.17, 15) is 4.80 Å². The molecule has 0 aliphatic carbocycles. The van der Waals surface area contributed by atoms with Crippen LogP contribution in [0.2, 0.25) is 26.2 Å². The van der Waals surface area contributed by atoms with Crippen LogP contribution < -0.4 is 0 Å². The third kappa shape index (κ3) is 8.98. The van der Waals surface area contributed by atoms with E-state index in [0.717, 1.165) is 0 Å². The second-order valence-electron chi connectivity index (χ2n) is 3.54. The zero-order valence-corrected chi connectivity index (χ0v) is 13.4. The predicted molar refractivity (Wildman–Crippen MR) is 59.7 cm³/mol. The number of hydrogen-bond acceptors (Lipinski definition) is 5. The Morgan fingerprint density at radius 2 is 1.69 bits per heavy atom. The molecule has 0 aliphatic heterocycles. The van der Waals surface area contributed by atoms with Gasteiger partial charge in [0.15, 0.2) is 0 Å². The molecule has 0 amide bonds. The van der Waals surface area contributed by atoms with E-state index in [2.05, 4.69) is 0 Å². The summed E-state index contributed by atoms with van der Waals surface area (Å²) in [5.41, 5.74) is 0. The molecule has 0 aromatic rings. The van der Waals surface area contributed by atoms with Gasteiger partial charge in [-0.1, -0.05) is 0 Å². The van der Waals surface area contributed by atoms with E-state index >= 15 is 0 Å². The standard InChI is InChI=1S/C4H18O5Si4/c1-12(2,6)9-13(3,4)8-11-7-10-5/h5-6H,10-11H2,1-4H3. The highest BCUT2D eigenvalue weighted by atomic mass is 28.5. The fraction of sp³-hybridized carbons (Fsp3) is 1.00. The van der Waals surface area contributed by atoms with Crippen molar-refractivity contribution in [2.24, 2.45) is 0 Å². The molecule has 0 bridgehead atoms. The average molecular weight is 259 g/mol. The summed E-state index contributed by atoms with van der Waals surface area (Å²) in [6.45, 7) is 7.14. The molecule has 5 nitrogen and oxygen atoms in total. The fourth-order valence-corrected chi connectivity index (χ4v) is 8.95. The van der Waals surface area contributed by atoms with Crippen molar-refractivity contribution < 1.29 is 21.9 Å². The van der Waals surface area contributed by atoms with Crippen LogP contribution in [-0.2, 0) is 12.3 Å². The molecule has 0 unspecified atom stereocenters. The third-order valence-electron chi connectivity index (χ3n) is 1.08. The molecule has 0 rings (SSSR count). The maximum Gasteiger partial charge on any atom is 0.320 e. The van der Waals surface area contributed by atoms with Crippen LogP contribution in [-0.4, -0.2) is 46.7 Å². The van der Waals surface area contributed by atoms with Crippen molar-refractivity contribution in [1.29, 1.82) is 0 Å². The normalized spacial score (nSPS) is 15.2. The van der Waals surface area contributed by atoms with Crippen LogP contribution in [0, 0.1) is 0 Å². The van der Waals surface area contributed by atoms with Gasteiger partial charge in [0.1, 0.15) is 0 Å². The van der Waals surface area contributed by atoms with Gasteiger partial charge in [0, 0.05) is 0 Å². The minimum Gasteiger partial charge on any atom is -0.425 e. The Labute approximate surface area is 85.7 Å². The summed E-state index contributed by atoms with van der Waals surface area (Å²) >= 11 is 0. The van der Waals surface area contributed by atoms with E-state index in [-0.39, 0.29) is 0 Å². The lowest BCUT2D eigenvalue weighted by Crippen LogP contribution is -2.47. The van der Waals surface area contributed by atoms with Crippen LogP contribution in [0.4, 0.5) is 0 Å². The summed E-state index contributed by atoms with van der Waals surface area (Å²) in [4.78, 5) is 18.0. The summed E-state index contributed by atoms with van der Waals surface area (Å²) < 4.78 is 15.8. The second kappa shape index (κ2) is 5.52. The van der Waals surface area contributed by atoms with Crippen molar-refractivity contribution in [3.63, 3.8) is 0 Å². The molecule has 13 heavy (non-hydrogen) atoms. The van der Waals surface area contributed by atoms with Crippen LogP contribution in [0.1, 0.15) is 0 Å². The van der Waals surface area contributed by atoms with E-state index < -0.39 is 37.1 Å². The van der Waals surface area contributed by atoms with Crippen molar-refractivity contribution in [3.8, 4) is 0 Å². The Morgan fingerprint density at radius 1 is 1.15 bits per heavy atom. The van der Waals surface area contributed by atoms with Gasteiger partial charge < -0.3 is 21.9 Å². The molecule has 0 aromatic heterocycles. The highest BCUT2D eigenvalue weighted by Crippen LogP contribution is 2.12. The summed E-state index contributed by atoms with van der Waals surface area (Å²) in [7, 11) is -7.16. The van der Waals surface area contributed by atoms with Crippen LogP contribution >= 0.6 is 0 Å². The second-order valence-corrected chi connectivity index (χ2v) is 13.3. The number of hydrogen-bond donors (Lipinski definition) is 2. The average Bonchev–Trinajstić information content (AvgIpc) is 1.81. The van der Waals surface area contributed by atoms with Crippen LogP contribution in [0.15, 0.2) is 0 Å². The highest BCUT2D eigenvalue weighted by molar-refractivity contribution is 6.79. The maximum atomic E-state index is 9.52. The molecule has 0 aliphatic rings. The molecule has 0 spiro atoms. The van der Waals surface area contributed by atoms with Crippen LogP contribution in [0.5, 0.6) is 0 Å². The lowest BCUT2D eigenvalue weighted by molar-refractivity contribution is 0.314. The Morgan fingerprint density at radius 3 is 2.08 bits per heavy atom. The first-order chi connectivity index (χ1) is 5.77. The molecule has 0 saturated heterocycles. The fourth-order valence-electron chi connectivity index (χ4n) is 0.852. The Hall–Kier alpha value is 0.668. The lowest BCUT2D eigenvalue weighted by Gasteiger charge is -2.29. The first-order valence-corrected chi connectivity index (χ1v) is 12.1. The van der Waals surface area contributed by atoms with E-state index in [1.54, 1.807) is 13.1 Å². The van der Waals surface area contributed by atoms with Crippen molar-refractivity contribution in [2.75, 3.05) is 0 Å². The molecule has 9 heteroatoms. The van der Waals surface area contributed by atoms with Gasteiger partial charge >= 0.3 is 17.1 Å². The largest absolute Gasteiger partial charge is 0.425 e. The molecular formula is C4H18O5Si4. The van der Waals surface area contributed by atoms with E-state index in [0.29, 0.717) is 0 Å². The first kappa shape index (κ1) is 13.7. The Balaban J connectivity index is 3.80. The smallest absolute Gasteiger partial charge is 0.320 e. The van der Waals surface area contributed by atoms with Gasteiger partial charge in [-0.25, -0.2) is 0 Å². The van der Waals surface area contributed by atoms with E-state index in [4.69, 9.17) is 17.1 Å². The molecule has 0 radical (unpaired) electrons. The van der Waals surface area contributed by atoms with E-state index in [1.807, 2.05) is 13.1 Å². The van der Waals surface area contributed by atoms with Crippen LogP contribution in [0.25, 0.3) is 0 Å². The zero-order chi connectivity index (χ0) is 10.5. The lowest BCUT2D eigenvalue weighted by atomic mass is 11.9. The minimum absolute atomic E-state index is 1.10. The zero-order valence-electron chi connectivity index (χ0n) is 8.53. The molecule has 0 heterocycles. The molecule has 80 valence electrons. The van der Waals surface area contributed by atoms with Crippen molar-refractivity contribution in [2.45, 2.75) is 26.2 Å².